The van der Waals surface area contributed by atoms with Crippen molar-refractivity contribution in [3.63, 3.8) is 0 Å². The van der Waals surface area contributed by atoms with Crippen molar-refractivity contribution < 1.29 is 24.2 Å². The van der Waals surface area contributed by atoms with Crippen LogP contribution in [0.15, 0.2) is 49.0 Å². The number of para-hydroxylation sites is 1. The highest BCUT2D eigenvalue weighted by atomic mass is 35.5. The molecule has 206 valence electrons. The Kier molecular flexibility index (Phi) is 10.9. The number of nitrogens with zero attached hydrogens (tertiary/aromatic N) is 1. The molecule has 0 spiro atoms. The highest BCUT2D eigenvalue weighted by Gasteiger charge is 2.38. The number of ether oxygens (including phenoxy) is 1. The molecular weight excluding hydrogens is 506 g/mol. The van der Waals surface area contributed by atoms with E-state index in [1.54, 1.807) is 64.1 Å². The molecule has 2 rings (SSSR count). The van der Waals surface area contributed by atoms with Gasteiger partial charge in [0.1, 0.15) is 17.7 Å². The standard InChI is InChI=1S/C29H38ClN3O5/c1-8-19(4)33(27(36)23(17-34)31-28(37)38-29(5,6)7)25(21-14-11-13-20(9-2)16-21)26(35)32-24-18(3)12-10-15-22(24)30/h9-16,19,23,25,34H,2,8,17H2,1,3-7H3,(H,31,37)(H,32,35). The highest BCUT2D eigenvalue weighted by Crippen LogP contribution is 2.31. The number of aliphatic hydroxyl groups is 1. The van der Waals surface area contributed by atoms with Crippen LogP contribution in [-0.2, 0) is 14.3 Å². The zero-order valence-electron chi connectivity index (χ0n) is 22.9. The Hall–Kier alpha value is -3.36. The third-order valence-corrected chi connectivity index (χ3v) is 6.27. The number of aliphatic hydroxyl groups excluding tert-OH is 1. The van der Waals surface area contributed by atoms with Gasteiger partial charge in [-0.1, -0.05) is 61.5 Å². The number of anilines is 1. The molecule has 0 aromatic heterocycles. The van der Waals surface area contributed by atoms with E-state index in [0.29, 0.717) is 22.7 Å². The van der Waals surface area contributed by atoms with Crippen molar-refractivity contribution in [2.24, 2.45) is 0 Å². The first kappa shape index (κ1) is 30.9. The largest absolute Gasteiger partial charge is 0.444 e. The second-order valence-corrected chi connectivity index (χ2v) is 10.5. The summed E-state index contributed by atoms with van der Waals surface area (Å²) in [7, 11) is 0. The first-order valence-electron chi connectivity index (χ1n) is 12.5. The van der Waals surface area contributed by atoms with Crippen molar-refractivity contribution in [2.75, 3.05) is 11.9 Å². The van der Waals surface area contributed by atoms with Crippen molar-refractivity contribution in [3.8, 4) is 0 Å². The molecule has 3 unspecified atom stereocenters. The predicted molar refractivity (Wildman–Crippen MR) is 151 cm³/mol. The highest BCUT2D eigenvalue weighted by molar-refractivity contribution is 6.34. The van der Waals surface area contributed by atoms with Crippen LogP contribution in [0.2, 0.25) is 5.02 Å². The number of hydrogen-bond acceptors (Lipinski definition) is 5. The smallest absolute Gasteiger partial charge is 0.408 e. The van der Waals surface area contributed by atoms with Crippen LogP contribution in [0.3, 0.4) is 0 Å². The molecule has 2 aromatic carbocycles. The summed E-state index contributed by atoms with van der Waals surface area (Å²) in [5, 5.41) is 15.8. The summed E-state index contributed by atoms with van der Waals surface area (Å²) >= 11 is 6.38. The number of aryl methyl sites for hydroxylation is 1. The van der Waals surface area contributed by atoms with Gasteiger partial charge in [-0.15, -0.1) is 0 Å². The van der Waals surface area contributed by atoms with Gasteiger partial charge in [0.15, 0.2) is 0 Å². The molecule has 3 atom stereocenters. The van der Waals surface area contributed by atoms with Crippen molar-refractivity contribution in [3.05, 3.63) is 70.8 Å². The van der Waals surface area contributed by atoms with E-state index in [0.717, 1.165) is 11.1 Å². The van der Waals surface area contributed by atoms with E-state index in [9.17, 15) is 19.5 Å². The number of halogens is 1. The molecule has 0 heterocycles. The summed E-state index contributed by atoms with van der Waals surface area (Å²) in [5.41, 5.74) is 1.68. The number of alkyl carbamates (subject to hydrolysis) is 1. The maximum Gasteiger partial charge on any atom is 0.408 e. The molecular formula is C29H38ClN3O5. The number of nitrogens with one attached hydrogen (secondary N) is 2. The minimum atomic E-state index is -1.33. The van der Waals surface area contributed by atoms with Gasteiger partial charge in [0.05, 0.1) is 17.3 Å². The zero-order chi connectivity index (χ0) is 28.6. The summed E-state index contributed by atoms with van der Waals surface area (Å²) in [6.07, 6.45) is 1.30. The SMILES string of the molecule is C=Cc1cccc(C(C(=O)Nc2c(C)cccc2Cl)N(C(=O)C(CO)NC(=O)OC(C)(C)C)C(C)CC)c1. The minimum Gasteiger partial charge on any atom is -0.444 e. The average molecular weight is 544 g/mol. The topological polar surface area (TPSA) is 108 Å². The molecule has 0 saturated carbocycles. The average Bonchev–Trinajstić information content (AvgIpc) is 2.86. The quantitative estimate of drug-likeness (QED) is 0.367. The number of benzene rings is 2. The molecule has 0 aliphatic heterocycles. The predicted octanol–water partition coefficient (Wildman–Crippen LogP) is 5.48. The van der Waals surface area contributed by atoms with Gasteiger partial charge in [0.25, 0.3) is 5.91 Å². The summed E-state index contributed by atoms with van der Waals surface area (Å²) in [4.78, 5) is 41.7. The molecule has 0 bridgehead atoms. The van der Waals surface area contributed by atoms with Crippen molar-refractivity contribution in [1.29, 1.82) is 0 Å². The molecule has 8 nitrogen and oxygen atoms in total. The maximum atomic E-state index is 13.9. The fourth-order valence-electron chi connectivity index (χ4n) is 3.89. The summed E-state index contributed by atoms with van der Waals surface area (Å²) in [5.74, 6) is -1.13. The van der Waals surface area contributed by atoms with E-state index in [1.807, 2.05) is 26.0 Å². The van der Waals surface area contributed by atoms with Crippen molar-refractivity contribution >= 4 is 41.3 Å². The lowest BCUT2D eigenvalue weighted by molar-refractivity contribution is -0.144. The van der Waals surface area contributed by atoms with E-state index in [-0.39, 0.29) is 0 Å². The normalized spacial score (nSPS) is 13.6. The molecule has 0 aliphatic carbocycles. The third kappa shape index (κ3) is 8.07. The van der Waals surface area contributed by atoms with E-state index >= 15 is 0 Å². The lowest BCUT2D eigenvalue weighted by atomic mass is 9.98. The summed E-state index contributed by atoms with van der Waals surface area (Å²) in [6.45, 7) is 13.7. The molecule has 0 radical (unpaired) electrons. The van der Waals surface area contributed by atoms with Crippen LogP contribution in [0.25, 0.3) is 6.08 Å². The molecule has 0 fully saturated rings. The third-order valence-electron chi connectivity index (χ3n) is 5.95. The summed E-state index contributed by atoms with van der Waals surface area (Å²) in [6, 6.07) is 9.51. The van der Waals surface area contributed by atoms with Crippen LogP contribution in [0, 0.1) is 6.92 Å². The van der Waals surface area contributed by atoms with Gasteiger partial charge in [0, 0.05) is 6.04 Å². The van der Waals surface area contributed by atoms with Crippen LogP contribution in [0.5, 0.6) is 0 Å². The van der Waals surface area contributed by atoms with Gasteiger partial charge in [-0.2, -0.15) is 0 Å². The van der Waals surface area contributed by atoms with Gasteiger partial charge in [-0.3, -0.25) is 9.59 Å². The van der Waals surface area contributed by atoms with Crippen LogP contribution >= 0.6 is 11.6 Å². The van der Waals surface area contributed by atoms with Crippen molar-refractivity contribution in [1.82, 2.24) is 10.2 Å². The zero-order valence-corrected chi connectivity index (χ0v) is 23.6. The second-order valence-electron chi connectivity index (χ2n) is 10.1. The van der Waals surface area contributed by atoms with Gasteiger partial charge >= 0.3 is 6.09 Å². The van der Waals surface area contributed by atoms with Gasteiger partial charge in [-0.05, 0) is 69.9 Å². The molecule has 0 aliphatic rings. The van der Waals surface area contributed by atoms with E-state index in [1.165, 1.54) is 4.90 Å². The maximum absolute atomic E-state index is 13.9. The van der Waals surface area contributed by atoms with E-state index < -0.39 is 48.2 Å². The molecule has 3 amide bonds. The Morgan fingerprint density at radius 2 is 1.84 bits per heavy atom. The molecule has 3 N–H and O–H groups in total. The first-order valence-corrected chi connectivity index (χ1v) is 12.9. The Labute approximate surface area is 230 Å². The second kappa shape index (κ2) is 13.4. The first-order chi connectivity index (χ1) is 17.8. The number of hydrogen-bond donors (Lipinski definition) is 3. The van der Waals surface area contributed by atoms with Gasteiger partial charge in [-0.25, -0.2) is 4.79 Å². The number of amides is 3. The van der Waals surface area contributed by atoms with Crippen LogP contribution in [0.4, 0.5) is 10.5 Å². The Morgan fingerprint density at radius 1 is 1.18 bits per heavy atom. The number of rotatable bonds is 10. The molecule has 9 heteroatoms. The lowest BCUT2D eigenvalue weighted by Gasteiger charge is -2.38. The lowest BCUT2D eigenvalue weighted by Crippen LogP contribution is -2.56. The van der Waals surface area contributed by atoms with Crippen LogP contribution in [0.1, 0.15) is 63.8 Å². The Bertz CT molecular complexity index is 1140. The molecule has 38 heavy (non-hydrogen) atoms. The van der Waals surface area contributed by atoms with Crippen molar-refractivity contribution in [2.45, 2.75) is 71.7 Å². The van der Waals surface area contributed by atoms with Gasteiger partial charge in [0.2, 0.25) is 5.91 Å². The fourth-order valence-corrected chi connectivity index (χ4v) is 4.16. The molecule has 2 aromatic rings. The van der Waals surface area contributed by atoms with Crippen LogP contribution < -0.4 is 10.6 Å². The summed E-state index contributed by atoms with van der Waals surface area (Å²) < 4.78 is 5.28. The number of carbonyl (C=O) groups is 3. The van der Waals surface area contributed by atoms with Crippen LogP contribution in [-0.4, -0.2) is 52.2 Å². The van der Waals surface area contributed by atoms with E-state index in [2.05, 4.69) is 17.2 Å². The Morgan fingerprint density at radius 3 is 2.39 bits per heavy atom. The minimum absolute atomic E-state index is 0.359. The number of carbonyl (C=O) groups excluding carboxylic acids is 3. The van der Waals surface area contributed by atoms with E-state index in [4.69, 9.17) is 16.3 Å². The van der Waals surface area contributed by atoms with Gasteiger partial charge < -0.3 is 25.4 Å². The molecule has 0 saturated heterocycles. The Balaban J connectivity index is 2.59. The monoisotopic (exact) mass is 543 g/mol. The fraction of sp³-hybridized carbons (Fsp3) is 0.414.